The Morgan fingerprint density at radius 1 is 1.07 bits per heavy atom. The molecule has 1 aromatic carbocycles. The van der Waals surface area contributed by atoms with Gasteiger partial charge in [0.25, 0.3) is 0 Å². The summed E-state index contributed by atoms with van der Waals surface area (Å²) in [4.78, 5) is 3.45. The van der Waals surface area contributed by atoms with Crippen LogP contribution in [-0.4, -0.2) is 39.5 Å². The number of thiophene rings is 1. The molecular formula is C19H15Cl2N5OS. The summed E-state index contributed by atoms with van der Waals surface area (Å²) < 4.78 is 7.68. The first-order valence-electron chi connectivity index (χ1n) is 8.76. The summed E-state index contributed by atoms with van der Waals surface area (Å²) in [5.74, 6) is 1.45. The van der Waals surface area contributed by atoms with Crippen molar-refractivity contribution < 1.29 is 4.74 Å². The van der Waals surface area contributed by atoms with Crippen LogP contribution in [0.5, 0.6) is 0 Å². The minimum Gasteiger partial charge on any atom is -0.369 e. The highest BCUT2D eigenvalue weighted by Crippen LogP contribution is 2.29. The Morgan fingerprint density at radius 2 is 1.93 bits per heavy atom. The molecule has 1 fully saturated rings. The van der Waals surface area contributed by atoms with Gasteiger partial charge in [0, 0.05) is 27.0 Å². The second kappa shape index (κ2) is 7.33. The topological polar surface area (TPSA) is 55.5 Å². The van der Waals surface area contributed by atoms with Gasteiger partial charge in [0.2, 0.25) is 0 Å². The number of hydrogen-bond donors (Lipinski definition) is 0. The van der Waals surface area contributed by atoms with Crippen LogP contribution in [0.2, 0.25) is 10.0 Å². The van der Waals surface area contributed by atoms with Gasteiger partial charge in [0.05, 0.1) is 13.2 Å². The van der Waals surface area contributed by atoms with E-state index in [0.29, 0.717) is 28.1 Å². The summed E-state index contributed by atoms with van der Waals surface area (Å²) in [7, 11) is 0. The molecule has 9 heteroatoms. The lowest BCUT2D eigenvalue weighted by atomic mass is 10.2. The van der Waals surface area contributed by atoms with Crippen molar-refractivity contribution in [3.8, 4) is 11.4 Å². The predicted molar refractivity (Wildman–Crippen MR) is 111 cm³/mol. The molecule has 0 N–H and O–H groups in total. The van der Waals surface area contributed by atoms with Gasteiger partial charge in [-0.1, -0.05) is 29.3 Å². The van der Waals surface area contributed by atoms with Gasteiger partial charge in [-0.3, -0.25) is 0 Å². The van der Waals surface area contributed by atoms with Crippen molar-refractivity contribution in [1.29, 1.82) is 0 Å². The van der Waals surface area contributed by atoms with E-state index in [-0.39, 0.29) is 6.10 Å². The van der Waals surface area contributed by atoms with Crippen molar-refractivity contribution in [2.24, 2.45) is 0 Å². The van der Waals surface area contributed by atoms with Crippen molar-refractivity contribution in [2.75, 3.05) is 24.6 Å². The average Bonchev–Trinajstić information content (AvgIpc) is 3.37. The molecule has 5 rings (SSSR count). The number of hydrogen-bond acceptors (Lipinski definition) is 6. The third-order valence-corrected chi connectivity index (χ3v) is 6.02. The maximum Gasteiger partial charge on any atom is 0.185 e. The lowest BCUT2D eigenvalue weighted by molar-refractivity contribution is 0.0418. The molecule has 0 radical (unpaired) electrons. The predicted octanol–water partition coefficient (Wildman–Crippen LogP) is 4.74. The fourth-order valence-electron chi connectivity index (χ4n) is 3.31. The average molecular weight is 432 g/mol. The van der Waals surface area contributed by atoms with Crippen molar-refractivity contribution in [3.63, 3.8) is 0 Å². The highest BCUT2D eigenvalue weighted by Gasteiger charge is 2.24. The molecule has 1 aliphatic rings. The third kappa shape index (κ3) is 3.35. The van der Waals surface area contributed by atoms with E-state index in [0.717, 1.165) is 24.5 Å². The molecule has 0 aliphatic carbocycles. The Balaban J connectivity index is 1.51. The molecule has 0 amide bonds. The lowest BCUT2D eigenvalue weighted by Gasteiger charge is -2.33. The lowest BCUT2D eigenvalue weighted by Crippen LogP contribution is -2.38. The Kier molecular flexibility index (Phi) is 4.68. The first-order valence-corrected chi connectivity index (χ1v) is 10.4. The van der Waals surface area contributed by atoms with E-state index in [1.807, 2.05) is 18.2 Å². The molecule has 4 aromatic rings. The second-order valence-electron chi connectivity index (χ2n) is 6.46. The molecule has 1 unspecified atom stereocenters. The molecule has 1 aliphatic heterocycles. The molecule has 0 saturated carbocycles. The molecular weight excluding hydrogens is 417 g/mol. The Morgan fingerprint density at radius 3 is 2.71 bits per heavy atom. The Hall–Kier alpha value is -2.19. The van der Waals surface area contributed by atoms with Crippen LogP contribution >= 0.6 is 34.5 Å². The summed E-state index contributed by atoms with van der Waals surface area (Å²) in [6.07, 6.45) is 0.0540. The maximum absolute atomic E-state index is 6.15. The first-order chi connectivity index (χ1) is 13.7. The smallest absolute Gasteiger partial charge is 0.185 e. The van der Waals surface area contributed by atoms with E-state index in [2.05, 4.69) is 26.5 Å². The normalized spacial score (nSPS) is 17.4. The fraction of sp³-hybridized carbons (Fsp3) is 0.211. The number of ether oxygens (including phenoxy) is 1. The van der Waals surface area contributed by atoms with Crippen LogP contribution in [0.25, 0.3) is 17.0 Å². The number of nitrogens with zero attached hydrogens (tertiary/aromatic N) is 5. The second-order valence-corrected chi connectivity index (χ2v) is 8.32. The van der Waals surface area contributed by atoms with Gasteiger partial charge in [0.1, 0.15) is 11.9 Å². The molecule has 1 atom stereocenters. The van der Waals surface area contributed by atoms with E-state index >= 15 is 0 Å². The maximum atomic E-state index is 6.15. The molecule has 4 heterocycles. The van der Waals surface area contributed by atoms with Crippen molar-refractivity contribution in [1.82, 2.24) is 19.8 Å². The zero-order valence-corrected chi connectivity index (χ0v) is 17.0. The van der Waals surface area contributed by atoms with Crippen LogP contribution in [0.4, 0.5) is 5.82 Å². The Labute approximate surface area is 175 Å². The van der Waals surface area contributed by atoms with Crippen molar-refractivity contribution in [2.45, 2.75) is 6.10 Å². The third-order valence-electron chi connectivity index (χ3n) is 4.62. The van der Waals surface area contributed by atoms with Crippen LogP contribution in [0.3, 0.4) is 0 Å². The van der Waals surface area contributed by atoms with Gasteiger partial charge in [-0.2, -0.15) is 4.52 Å². The van der Waals surface area contributed by atoms with E-state index < -0.39 is 0 Å². The molecule has 0 spiro atoms. The zero-order valence-electron chi connectivity index (χ0n) is 14.6. The SMILES string of the molecule is Clc1cc(Cl)cc(-c2nnc3ccc(N4CCOC(c5cccs5)C4)nn23)c1. The Bertz CT molecular complexity index is 1110. The van der Waals surface area contributed by atoms with Crippen LogP contribution in [0, 0.1) is 0 Å². The summed E-state index contributed by atoms with van der Waals surface area (Å²) in [6.45, 7) is 2.18. The number of halogens is 2. The van der Waals surface area contributed by atoms with E-state index in [1.54, 1.807) is 34.1 Å². The van der Waals surface area contributed by atoms with Crippen LogP contribution in [0.1, 0.15) is 11.0 Å². The summed E-state index contributed by atoms with van der Waals surface area (Å²) in [5.41, 5.74) is 1.44. The molecule has 0 bridgehead atoms. The minimum absolute atomic E-state index is 0.0540. The zero-order chi connectivity index (χ0) is 19.1. The number of aromatic nitrogens is 4. The summed E-state index contributed by atoms with van der Waals surface area (Å²) >= 11 is 14.0. The van der Waals surface area contributed by atoms with Crippen molar-refractivity contribution >= 4 is 46.0 Å². The van der Waals surface area contributed by atoms with Crippen molar-refractivity contribution in [3.05, 3.63) is 62.8 Å². The van der Waals surface area contributed by atoms with E-state index in [1.165, 1.54) is 4.88 Å². The van der Waals surface area contributed by atoms with Gasteiger partial charge in [-0.25, -0.2) is 0 Å². The van der Waals surface area contributed by atoms with Gasteiger partial charge in [-0.05, 0) is 41.8 Å². The van der Waals surface area contributed by atoms with Crippen LogP contribution in [-0.2, 0) is 4.74 Å². The first kappa shape index (κ1) is 17.9. The van der Waals surface area contributed by atoms with Crippen LogP contribution < -0.4 is 4.90 Å². The summed E-state index contributed by atoms with van der Waals surface area (Å²) in [5, 5.41) is 16.4. The number of benzene rings is 1. The number of rotatable bonds is 3. The molecule has 28 heavy (non-hydrogen) atoms. The number of anilines is 1. The van der Waals surface area contributed by atoms with Gasteiger partial charge >= 0.3 is 0 Å². The molecule has 6 nitrogen and oxygen atoms in total. The quantitative estimate of drug-likeness (QED) is 0.468. The molecule has 142 valence electrons. The standard InChI is InChI=1S/C19H15Cl2N5OS/c20-13-8-12(9-14(21)10-13)19-23-22-17-3-4-18(24-26(17)19)25-5-6-27-15(11-25)16-2-1-7-28-16/h1-4,7-10,15H,5-6,11H2. The van der Waals surface area contributed by atoms with E-state index in [4.69, 9.17) is 33.0 Å². The number of fused-ring (bicyclic) bond motifs is 1. The van der Waals surface area contributed by atoms with Crippen LogP contribution in [0.15, 0.2) is 47.8 Å². The van der Waals surface area contributed by atoms with Gasteiger partial charge < -0.3 is 9.64 Å². The van der Waals surface area contributed by atoms with Gasteiger partial charge in [-0.15, -0.1) is 26.6 Å². The number of morpholine rings is 1. The highest BCUT2D eigenvalue weighted by atomic mass is 35.5. The molecule has 3 aromatic heterocycles. The minimum atomic E-state index is 0.0540. The van der Waals surface area contributed by atoms with E-state index in [9.17, 15) is 0 Å². The largest absolute Gasteiger partial charge is 0.369 e. The molecule has 1 saturated heterocycles. The highest BCUT2D eigenvalue weighted by molar-refractivity contribution is 7.10. The van der Waals surface area contributed by atoms with Gasteiger partial charge in [0.15, 0.2) is 11.5 Å². The fourth-order valence-corrected chi connectivity index (χ4v) is 4.61. The summed E-state index contributed by atoms with van der Waals surface area (Å²) in [6, 6.07) is 13.3. The monoisotopic (exact) mass is 431 g/mol.